The van der Waals surface area contributed by atoms with Gasteiger partial charge >= 0.3 is 5.97 Å². The third-order valence-corrected chi connectivity index (χ3v) is 2.27. The van der Waals surface area contributed by atoms with E-state index < -0.39 is 11.5 Å². The summed E-state index contributed by atoms with van der Waals surface area (Å²) in [5, 5.41) is 8.54. The van der Waals surface area contributed by atoms with Crippen LogP contribution in [-0.4, -0.2) is 16.6 Å². The summed E-state index contributed by atoms with van der Waals surface area (Å²) in [5.74, 6) is -0.712. The Balaban J connectivity index is 2.64. The number of hydrogen-bond donors (Lipinski definition) is 2. The van der Waals surface area contributed by atoms with Crippen LogP contribution in [0.5, 0.6) is 0 Å². The predicted molar refractivity (Wildman–Crippen MR) is 33.0 cm³/mol. The lowest BCUT2D eigenvalue weighted by molar-refractivity contribution is -0.149. The molecule has 0 bridgehead atoms. The van der Waals surface area contributed by atoms with E-state index in [1.54, 1.807) is 0 Å². The van der Waals surface area contributed by atoms with Crippen molar-refractivity contribution in [2.75, 3.05) is 0 Å². The molecule has 1 fully saturated rings. The molecule has 3 N–H and O–H groups in total. The van der Waals surface area contributed by atoms with Gasteiger partial charge in [0.25, 0.3) is 0 Å². The molecular weight excluding hydrogens is 118 g/mol. The van der Waals surface area contributed by atoms with E-state index in [0.29, 0.717) is 6.42 Å². The molecule has 0 amide bonds. The van der Waals surface area contributed by atoms with E-state index in [0.717, 1.165) is 6.42 Å². The highest BCUT2D eigenvalue weighted by molar-refractivity contribution is 5.80. The van der Waals surface area contributed by atoms with Gasteiger partial charge < -0.3 is 10.8 Å². The fourth-order valence-electron chi connectivity index (χ4n) is 1.06. The van der Waals surface area contributed by atoms with Crippen LogP contribution in [0.4, 0.5) is 0 Å². The minimum absolute atomic E-state index is 0.148. The average Bonchev–Trinajstić information content (AvgIpc) is 1.82. The number of hydrogen-bond acceptors (Lipinski definition) is 2. The first-order valence-electron chi connectivity index (χ1n) is 3.09. The second kappa shape index (κ2) is 1.70. The molecule has 0 radical (unpaired) electrons. The molecule has 9 heavy (non-hydrogen) atoms. The summed E-state index contributed by atoms with van der Waals surface area (Å²) in [6.07, 6.45) is 1.58. The van der Waals surface area contributed by atoms with Gasteiger partial charge in [-0.05, 0) is 18.8 Å². The first-order chi connectivity index (χ1) is 4.07. The zero-order chi connectivity index (χ0) is 7.07. The molecular formula is C6H11NO2. The molecule has 1 saturated carbocycles. The molecule has 0 unspecified atom stereocenters. The Morgan fingerprint density at radius 3 is 2.44 bits per heavy atom. The zero-order valence-corrected chi connectivity index (χ0v) is 5.42. The summed E-state index contributed by atoms with van der Waals surface area (Å²) in [5.41, 5.74) is 4.59. The van der Waals surface area contributed by atoms with Crippen LogP contribution in [0, 0.1) is 5.92 Å². The highest BCUT2D eigenvalue weighted by Crippen LogP contribution is 2.35. The SMILES string of the molecule is C[C@@H]1CC[C@@]1(N)C(=O)O. The molecule has 3 heteroatoms. The number of rotatable bonds is 1. The van der Waals surface area contributed by atoms with Gasteiger partial charge in [0.05, 0.1) is 0 Å². The monoisotopic (exact) mass is 129 g/mol. The predicted octanol–water partition coefficient (Wildman–Crippen LogP) is 0.198. The maximum Gasteiger partial charge on any atom is 0.323 e. The summed E-state index contributed by atoms with van der Waals surface area (Å²) in [6, 6.07) is 0. The van der Waals surface area contributed by atoms with Gasteiger partial charge in [0, 0.05) is 0 Å². The minimum Gasteiger partial charge on any atom is -0.480 e. The number of aliphatic carboxylic acids is 1. The van der Waals surface area contributed by atoms with Crippen LogP contribution in [-0.2, 0) is 4.79 Å². The van der Waals surface area contributed by atoms with Crippen molar-refractivity contribution in [3.05, 3.63) is 0 Å². The third kappa shape index (κ3) is 0.721. The summed E-state index contributed by atoms with van der Waals surface area (Å²) >= 11 is 0. The van der Waals surface area contributed by atoms with Crippen LogP contribution in [0.1, 0.15) is 19.8 Å². The molecule has 1 aliphatic rings. The van der Waals surface area contributed by atoms with E-state index in [-0.39, 0.29) is 5.92 Å². The number of carbonyl (C=O) groups is 1. The normalized spacial score (nSPS) is 41.8. The second-order valence-electron chi connectivity index (χ2n) is 2.79. The second-order valence-corrected chi connectivity index (χ2v) is 2.79. The Hall–Kier alpha value is -0.570. The summed E-state index contributed by atoms with van der Waals surface area (Å²) < 4.78 is 0. The van der Waals surface area contributed by atoms with Gasteiger partial charge in [0.15, 0.2) is 0 Å². The minimum atomic E-state index is -0.903. The van der Waals surface area contributed by atoms with Gasteiger partial charge in [-0.3, -0.25) is 4.79 Å². The van der Waals surface area contributed by atoms with Crippen LogP contribution in [0.2, 0.25) is 0 Å². The first kappa shape index (κ1) is 6.55. The van der Waals surface area contributed by atoms with Gasteiger partial charge in [-0.2, -0.15) is 0 Å². The highest BCUT2D eigenvalue weighted by atomic mass is 16.4. The molecule has 0 aromatic rings. The summed E-state index contributed by atoms with van der Waals surface area (Å²) in [7, 11) is 0. The van der Waals surface area contributed by atoms with E-state index in [2.05, 4.69) is 0 Å². The fraction of sp³-hybridized carbons (Fsp3) is 0.833. The highest BCUT2D eigenvalue weighted by Gasteiger charge is 2.46. The average molecular weight is 129 g/mol. The molecule has 2 atom stereocenters. The Labute approximate surface area is 53.9 Å². The van der Waals surface area contributed by atoms with E-state index in [4.69, 9.17) is 10.8 Å². The van der Waals surface area contributed by atoms with Crippen LogP contribution in [0.15, 0.2) is 0 Å². The fourth-order valence-corrected chi connectivity index (χ4v) is 1.06. The molecule has 0 spiro atoms. The summed E-state index contributed by atoms with van der Waals surface area (Å²) in [6.45, 7) is 1.87. The van der Waals surface area contributed by atoms with E-state index >= 15 is 0 Å². The van der Waals surface area contributed by atoms with Crippen molar-refractivity contribution in [2.24, 2.45) is 11.7 Å². The molecule has 1 rings (SSSR count). The lowest BCUT2D eigenvalue weighted by atomic mass is 9.68. The summed E-state index contributed by atoms with van der Waals surface area (Å²) in [4.78, 5) is 10.4. The Kier molecular flexibility index (Phi) is 1.24. The van der Waals surface area contributed by atoms with Crippen molar-refractivity contribution in [2.45, 2.75) is 25.3 Å². The smallest absolute Gasteiger partial charge is 0.323 e. The Morgan fingerprint density at radius 2 is 2.44 bits per heavy atom. The van der Waals surface area contributed by atoms with Crippen molar-refractivity contribution >= 4 is 5.97 Å². The maximum absolute atomic E-state index is 10.4. The van der Waals surface area contributed by atoms with E-state index in [1.165, 1.54) is 0 Å². The van der Waals surface area contributed by atoms with Crippen LogP contribution in [0.3, 0.4) is 0 Å². The standard InChI is InChI=1S/C6H11NO2/c1-4-2-3-6(4,7)5(8)9/h4H,2-3,7H2,1H3,(H,8,9)/t4-,6+/m1/s1. The van der Waals surface area contributed by atoms with Crippen LogP contribution >= 0.6 is 0 Å². The van der Waals surface area contributed by atoms with Gasteiger partial charge in [0.2, 0.25) is 0 Å². The van der Waals surface area contributed by atoms with E-state index in [1.807, 2.05) is 6.92 Å². The van der Waals surface area contributed by atoms with Gasteiger partial charge in [-0.25, -0.2) is 0 Å². The molecule has 0 aromatic heterocycles. The van der Waals surface area contributed by atoms with Crippen molar-refractivity contribution in [1.29, 1.82) is 0 Å². The molecule has 52 valence electrons. The number of carboxylic acid groups (broad SMARTS) is 1. The maximum atomic E-state index is 10.4. The van der Waals surface area contributed by atoms with Crippen LogP contribution < -0.4 is 5.73 Å². The topological polar surface area (TPSA) is 63.3 Å². The van der Waals surface area contributed by atoms with Gasteiger partial charge in [0.1, 0.15) is 5.54 Å². The van der Waals surface area contributed by atoms with Gasteiger partial charge in [-0.15, -0.1) is 0 Å². The number of carboxylic acids is 1. The largest absolute Gasteiger partial charge is 0.480 e. The van der Waals surface area contributed by atoms with Gasteiger partial charge in [-0.1, -0.05) is 6.92 Å². The lowest BCUT2D eigenvalue weighted by Crippen LogP contribution is -2.59. The van der Waals surface area contributed by atoms with Crippen molar-refractivity contribution in [3.63, 3.8) is 0 Å². The molecule has 0 aromatic carbocycles. The lowest BCUT2D eigenvalue weighted by Gasteiger charge is -2.40. The third-order valence-electron chi connectivity index (χ3n) is 2.27. The molecule has 1 aliphatic carbocycles. The molecule has 0 heterocycles. The van der Waals surface area contributed by atoms with Crippen molar-refractivity contribution in [1.82, 2.24) is 0 Å². The molecule has 0 aliphatic heterocycles. The Morgan fingerprint density at radius 1 is 1.89 bits per heavy atom. The molecule has 0 saturated heterocycles. The zero-order valence-electron chi connectivity index (χ0n) is 5.42. The van der Waals surface area contributed by atoms with E-state index in [9.17, 15) is 4.79 Å². The first-order valence-corrected chi connectivity index (χ1v) is 3.09. The Bertz CT molecular complexity index is 146. The quantitative estimate of drug-likeness (QED) is 0.531. The number of nitrogens with two attached hydrogens (primary N) is 1. The van der Waals surface area contributed by atoms with Crippen molar-refractivity contribution in [3.8, 4) is 0 Å². The van der Waals surface area contributed by atoms with Crippen LogP contribution in [0.25, 0.3) is 0 Å². The van der Waals surface area contributed by atoms with Crippen molar-refractivity contribution < 1.29 is 9.90 Å². The molecule has 3 nitrogen and oxygen atoms in total.